The van der Waals surface area contributed by atoms with Crippen molar-refractivity contribution in [3.63, 3.8) is 0 Å². The van der Waals surface area contributed by atoms with Crippen molar-refractivity contribution in [3.8, 4) is 0 Å². The zero-order valence-corrected chi connectivity index (χ0v) is 12.7. The first-order valence-corrected chi connectivity index (χ1v) is 7.47. The van der Waals surface area contributed by atoms with Crippen LogP contribution < -0.4 is 5.32 Å². The fraction of sp³-hybridized carbons (Fsp3) is 0.556. The van der Waals surface area contributed by atoms with E-state index >= 15 is 0 Å². The molecular weight excluding hydrogens is 230 g/mol. The van der Waals surface area contributed by atoms with Crippen LogP contribution in [0.1, 0.15) is 51.7 Å². The summed E-state index contributed by atoms with van der Waals surface area (Å²) in [5.74, 6) is 0.846. The summed E-state index contributed by atoms with van der Waals surface area (Å²) >= 11 is 0. The summed E-state index contributed by atoms with van der Waals surface area (Å²) < 4.78 is 0. The monoisotopic (exact) mass is 257 g/mol. The van der Waals surface area contributed by atoms with Crippen molar-refractivity contribution in [3.05, 3.63) is 41.5 Å². The molecule has 0 bridgehead atoms. The quantitative estimate of drug-likeness (QED) is 0.828. The summed E-state index contributed by atoms with van der Waals surface area (Å²) in [4.78, 5) is 0. The van der Waals surface area contributed by atoms with Crippen LogP contribution in [0.2, 0.25) is 0 Å². The summed E-state index contributed by atoms with van der Waals surface area (Å²) in [6.07, 6.45) is 7.14. The lowest BCUT2D eigenvalue weighted by Gasteiger charge is -2.25. The molecule has 2 unspecified atom stereocenters. The van der Waals surface area contributed by atoms with E-state index in [-0.39, 0.29) is 5.41 Å². The van der Waals surface area contributed by atoms with Crippen molar-refractivity contribution in [1.29, 1.82) is 0 Å². The number of hydrogen-bond donors (Lipinski definition) is 1. The molecule has 1 N–H and O–H groups in total. The molecule has 2 atom stereocenters. The van der Waals surface area contributed by atoms with Gasteiger partial charge in [0.1, 0.15) is 0 Å². The molecule has 0 saturated carbocycles. The van der Waals surface area contributed by atoms with Crippen molar-refractivity contribution in [2.75, 3.05) is 6.54 Å². The molecule has 19 heavy (non-hydrogen) atoms. The molecule has 1 heterocycles. The van der Waals surface area contributed by atoms with Crippen molar-refractivity contribution >= 4 is 6.08 Å². The molecule has 1 saturated heterocycles. The Kier molecular flexibility index (Phi) is 4.46. The Morgan fingerprint density at radius 3 is 2.42 bits per heavy atom. The Labute approximate surface area is 118 Å². The van der Waals surface area contributed by atoms with E-state index in [1.54, 1.807) is 0 Å². The molecule has 0 spiro atoms. The number of nitrogens with one attached hydrogen (secondary N) is 1. The lowest BCUT2D eigenvalue weighted by atomic mass is 9.86. The normalized spacial score (nSPS) is 24.8. The second kappa shape index (κ2) is 5.92. The van der Waals surface area contributed by atoms with Gasteiger partial charge < -0.3 is 5.32 Å². The Morgan fingerprint density at radius 1 is 1.16 bits per heavy atom. The van der Waals surface area contributed by atoms with Gasteiger partial charge in [-0.3, -0.25) is 0 Å². The minimum absolute atomic E-state index is 0.239. The van der Waals surface area contributed by atoms with E-state index in [0.29, 0.717) is 6.04 Å². The minimum atomic E-state index is 0.239. The first kappa shape index (κ1) is 14.3. The van der Waals surface area contributed by atoms with E-state index in [0.717, 1.165) is 12.5 Å². The molecule has 1 aromatic carbocycles. The molecule has 1 aliphatic rings. The van der Waals surface area contributed by atoms with Crippen molar-refractivity contribution in [2.24, 2.45) is 5.92 Å². The highest BCUT2D eigenvalue weighted by Crippen LogP contribution is 2.23. The number of piperidine rings is 1. The van der Waals surface area contributed by atoms with Crippen LogP contribution in [-0.2, 0) is 5.41 Å². The zero-order valence-electron chi connectivity index (χ0n) is 12.7. The lowest BCUT2D eigenvalue weighted by molar-refractivity contribution is 0.357. The van der Waals surface area contributed by atoms with E-state index in [2.05, 4.69) is 69.4 Å². The SMILES string of the molecule is CC1CCNC(/C=C/c2ccc(C(C)(C)C)cc2)C1. The van der Waals surface area contributed by atoms with Gasteiger partial charge >= 0.3 is 0 Å². The number of benzene rings is 1. The van der Waals surface area contributed by atoms with Gasteiger partial charge in [0, 0.05) is 6.04 Å². The summed E-state index contributed by atoms with van der Waals surface area (Å²) in [5, 5.41) is 3.57. The van der Waals surface area contributed by atoms with Crippen LogP contribution in [0.5, 0.6) is 0 Å². The maximum absolute atomic E-state index is 3.57. The largest absolute Gasteiger partial charge is 0.310 e. The van der Waals surface area contributed by atoms with E-state index in [9.17, 15) is 0 Å². The minimum Gasteiger partial charge on any atom is -0.310 e. The molecule has 0 amide bonds. The fourth-order valence-electron chi connectivity index (χ4n) is 2.62. The van der Waals surface area contributed by atoms with Gasteiger partial charge in [0.2, 0.25) is 0 Å². The summed E-state index contributed by atoms with van der Waals surface area (Å²) in [5.41, 5.74) is 2.94. The maximum Gasteiger partial charge on any atom is 0.0255 e. The molecule has 0 aliphatic carbocycles. The van der Waals surface area contributed by atoms with Gasteiger partial charge in [-0.25, -0.2) is 0 Å². The van der Waals surface area contributed by atoms with E-state index < -0.39 is 0 Å². The van der Waals surface area contributed by atoms with Crippen LogP contribution in [0.3, 0.4) is 0 Å². The predicted octanol–water partition coefficient (Wildman–Crippen LogP) is 4.39. The molecule has 0 radical (unpaired) electrons. The van der Waals surface area contributed by atoms with Crippen LogP contribution in [0.15, 0.2) is 30.3 Å². The first-order chi connectivity index (χ1) is 8.95. The van der Waals surface area contributed by atoms with Gasteiger partial charge in [-0.1, -0.05) is 64.1 Å². The van der Waals surface area contributed by atoms with Crippen LogP contribution in [0.25, 0.3) is 6.08 Å². The molecule has 1 fully saturated rings. The number of rotatable bonds is 2. The van der Waals surface area contributed by atoms with Crippen molar-refractivity contribution in [2.45, 2.75) is 52.0 Å². The van der Waals surface area contributed by atoms with Gasteiger partial charge in [0.15, 0.2) is 0 Å². The average molecular weight is 257 g/mol. The Hall–Kier alpha value is -1.08. The Balaban J connectivity index is 1.99. The molecule has 1 heteroatoms. The molecule has 0 aromatic heterocycles. The molecule has 104 valence electrons. The Morgan fingerprint density at radius 2 is 1.84 bits per heavy atom. The van der Waals surface area contributed by atoms with Gasteiger partial charge in [-0.05, 0) is 41.8 Å². The third-order valence-electron chi connectivity index (χ3n) is 4.00. The highest BCUT2D eigenvalue weighted by atomic mass is 14.9. The van der Waals surface area contributed by atoms with Crippen LogP contribution in [-0.4, -0.2) is 12.6 Å². The number of hydrogen-bond acceptors (Lipinski definition) is 1. The first-order valence-electron chi connectivity index (χ1n) is 7.47. The second-order valence-electron chi connectivity index (χ2n) is 6.92. The van der Waals surface area contributed by atoms with Crippen molar-refractivity contribution < 1.29 is 0 Å². The van der Waals surface area contributed by atoms with Crippen LogP contribution in [0.4, 0.5) is 0 Å². The molecular formula is C18H27N. The zero-order chi connectivity index (χ0) is 13.9. The molecule has 1 nitrogen and oxygen atoms in total. The predicted molar refractivity (Wildman–Crippen MR) is 84.4 cm³/mol. The van der Waals surface area contributed by atoms with E-state index in [4.69, 9.17) is 0 Å². The summed E-state index contributed by atoms with van der Waals surface area (Å²) in [6.45, 7) is 10.3. The van der Waals surface area contributed by atoms with Crippen LogP contribution in [0, 0.1) is 5.92 Å². The molecule has 1 aromatic rings. The van der Waals surface area contributed by atoms with Crippen LogP contribution >= 0.6 is 0 Å². The van der Waals surface area contributed by atoms with Gasteiger partial charge in [-0.2, -0.15) is 0 Å². The maximum atomic E-state index is 3.57. The van der Waals surface area contributed by atoms with E-state index in [1.807, 2.05) is 0 Å². The summed E-state index contributed by atoms with van der Waals surface area (Å²) in [7, 11) is 0. The Bertz CT molecular complexity index is 422. The van der Waals surface area contributed by atoms with E-state index in [1.165, 1.54) is 24.0 Å². The second-order valence-corrected chi connectivity index (χ2v) is 6.92. The molecule has 1 aliphatic heterocycles. The van der Waals surface area contributed by atoms with Gasteiger partial charge in [-0.15, -0.1) is 0 Å². The lowest BCUT2D eigenvalue weighted by Crippen LogP contribution is -2.35. The third kappa shape index (κ3) is 4.21. The van der Waals surface area contributed by atoms with Crippen molar-refractivity contribution in [1.82, 2.24) is 5.32 Å². The molecule has 2 rings (SSSR count). The third-order valence-corrected chi connectivity index (χ3v) is 4.00. The van der Waals surface area contributed by atoms with Gasteiger partial charge in [0.25, 0.3) is 0 Å². The highest BCUT2D eigenvalue weighted by Gasteiger charge is 2.15. The summed E-state index contributed by atoms with van der Waals surface area (Å²) in [6, 6.07) is 9.49. The van der Waals surface area contributed by atoms with Gasteiger partial charge in [0.05, 0.1) is 0 Å². The highest BCUT2D eigenvalue weighted by molar-refractivity contribution is 5.51. The average Bonchev–Trinajstić information content (AvgIpc) is 2.36. The standard InChI is InChI=1S/C18H27N/c1-14-11-12-19-17(13-14)10-7-15-5-8-16(9-6-15)18(2,3)4/h5-10,14,17,19H,11-13H2,1-4H3/b10-7+. The topological polar surface area (TPSA) is 12.0 Å². The smallest absolute Gasteiger partial charge is 0.0255 e. The fourth-order valence-corrected chi connectivity index (χ4v) is 2.62.